The number of aryl methyl sites for hydroxylation is 2. The molecular weight excluding hydrogens is 570 g/mol. The van der Waals surface area contributed by atoms with E-state index in [1.54, 1.807) is 7.11 Å². The zero-order valence-corrected chi connectivity index (χ0v) is 27.0. The van der Waals surface area contributed by atoms with Crippen LogP contribution in [0.5, 0.6) is 11.5 Å². The lowest BCUT2D eigenvalue weighted by Gasteiger charge is -2.13. The molecule has 0 aliphatic heterocycles. The second-order valence-corrected chi connectivity index (χ2v) is 11.6. The van der Waals surface area contributed by atoms with Gasteiger partial charge in [-0.05, 0) is 90.5 Å². The molecule has 0 saturated heterocycles. The van der Waals surface area contributed by atoms with E-state index in [9.17, 15) is 4.79 Å². The predicted octanol–water partition coefficient (Wildman–Crippen LogP) is 7.49. The summed E-state index contributed by atoms with van der Waals surface area (Å²) < 4.78 is 28.9. The van der Waals surface area contributed by atoms with E-state index in [4.69, 9.17) is 12.2 Å². The van der Waals surface area contributed by atoms with Crippen molar-refractivity contribution in [2.75, 3.05) is 33.4 Å². The van der Waals surface area contributed by atoms with Crippen LogP contribution in [0.4, 0.5) is 0 Å². The topological polar surface area (TPSA) is 71.6 Å². The third-order valence-electron chi connectivity index (χ3n) is 8.13. The number of nitrogens with one attached hydrogen (secondary N) is 3. The lowest BCUT2D eigenvalue weighted by Crippen LogP contribution is -2.27. The summed E-state index contributed by atoms with van der Waals surface area (Å²) in [5.74, 6) is 1.48. The number of methoxy groups -OCH3 is 1. The quantitative estimate of drug-likeness (QED) is 0.0701. The molecule has 0 heterocycles. The van der Waals surface area contributed by atoms with Crippen molar-refractivity contribution in [1.29, 1.82) is 0 Å². The first-order chi connectivity index (χ1) is 23.3. The average molecular weight is 620 g/mol. The van der Waals surface area contributed by atoms with E-state index >= 15 is 0 Å². The zero-order valence-electron chi connectivity index (χ0n) is 29.0. The molecule has 0 aliphatic rings. The number of carbonyl (C=O) groups is 1. The number of hydrogen-bond acceptors (Lipinski definition) is 5. The van der Waals surface area contributed by atoms with Gasteiger partial charge in [0.25, 0.3) is 0 Å². The fourth-order valence-electron chi connectivity index (χ4n) is 5.62. The Bertz CT molecular complexity index is 1740. The van der Waals surface area contributed by atoms with Crippen LogP contribution >= 0.6 is 0 Å². The van der Waals surface area contributed by atoms with Crippen LogP contribution < -0.4 is 25.4 Å². The highest BCUT2D eigenvalue weighted by molar-refractivity contribution is 6.02. The molecule has 6 heteroatoms. The summed E-state index contributed by atoms with van der Waals surface area (Å²) in [6, 6.07) is 32.9. The van der Waals surface area contributed by atoms with Crippen LogP contribution in [-0.2, 0) is 24.3 Å². The minimum absolute atomic E-state index is 0.00987. The van der Waals surface area contributed by atoms with Gasteiger partial charge >= 0.3 is 0 Å². The minimum Gasteiger partial charge on any atom is -0.496 e. The summed E-state index contributed by atoms with van der Waals surface area (Å²) in [6.07, 6.45) is 0.617. The second kappa shape index (κ2) is 17.3. The number of hydrogen-bond donors (Lipinski definition) is 3. The molecular formula is C40H47N3O3. The normalized spacial score (nSPS) is 12.1. The Morgan fingerprint density at radius 3 is 2.26 bits per heavy atom. The Labute approximate surface area is 276 Å². The largest absolute Gasteiger partial charge is 0.496 e. The molecule has 5 aromatic rings. The summed E-state index contributed by atoms with van der Waals surface area (Å²) in [5.41, 5.74) is 4.59. The van der Waals surface area contributed by atoms with Crippen LogP contribution in [0.1, 0.15) is 50.6 Å². The third-order valence-corrected chi connectivity index (χ3v) is 8.13. The second-order valence-electron chi connectivity index (χ2n) is 11.6. The van der Waals surface area contributed by atoms with Crippen LogP contribution in [0.3, 0.4) is 0 Å². The molecule has 3 N–H and O–H groups in total. The van der Waals surface area contributed by atoms with Gasteiger partial charge in [-0.15, -0.1) is 0 Å². The lowest BCUT2D eigenvalue weighted by atomic mass is 9.94. The third kappa shape index (κ3) is 9.56. The molecule has 5 rings (SSSR count). The Balaban J connectivity index is 0.962. The minimum atomic E-state index is -1.42. The maximum absolute atomic E-state index is 12.4. The Hall–Kier alpha value is -4.39. The molecule has 0 unspecified atom stereocenters. The van der Waals surface area contributed by atoms with Crippen molar-refractivity contribution in [1.82, 2.24) is 16.0 Å². The van der Waals surface area contributed by atoms with E-state index < -0.39 is 6.37 Å². The molecule has 46 heavy (non-hydrogen) atoms. The Kier molecular flexibility index (Phi) is 11.4. The number of rotatable bonds is 18. The van der Waals surface area contributed by atoms with E-state index in [-0.39, 0.29) is 12.5 Å². The van der Waals surface area contributed by atoms with Gasteiger partial charge in [-0.1, -0.05) is 84.4 Å². The highest BCUT2D eigenvalue weighted by Gasteiger charge is 2.08. The monoisotopic (exact) mass is 619 g/mol. The highest BCUT2D eigenvalue weighted by Crippen LogP contribution is 2.29. The maximum atomic E-state index is 12.4. The van der Waals surface area contributed by atoms with Gasteiger partial charge in [0.2, 0.25) is 5.91 Å². The van der Waals surface area contributed by atoms with Crippen molar-refractivity contribution < 1.29 is 17.0 Å². The highest BCUT2D eigenvalue weighted by atomic mass is 16.5. The summed E-state index contributed by atoms with van der Waals surface area (Å²) in [5, 5.41) is 14.1. The van der Waals surface area contributed by atoms with E-state index in [1.165, 1.54) is 11.1 Å². The summed E-state index contributed by atoms with van der Waals surface area (Å²) >= 11 is 0. The molecule has 1 amide bonds. The maximum Gasteiger partial charge on any atom is 0.220 e. The zero-order chi connectivity index (χ0) is 33.8. The van der Waals surface area contributed by atoms with Gasteiger partial charge in [0.15, 0.2) is 0 Å². The van der Waals surface area contributed by atoms with Crippen molar-refractivity contribution in [3.05, 3.63) is 119 Å². The van der Waals surface area contributed by atoms with Crippen molar-refractivity contribution in [3.8, 4) is 11.5 Å². The van der Waals surface area contributed by atoms with Gasteiger partial charge in [-0.2, -0.15) is 0 Å². The average Bonchev–Trinajstić information content (AvgIpc) is 3.09. The molecule has 0 spiro atoms. The van der Waals surface area contributed by atoms with Crippen molar-refractivity contribution >= 4 is 27.5 Å². The summed E-state index contributed by atoms with van der Waals surface area (Å²) in [7, 11) is 1.66. The SMILES string of the molecule is [2H]C([2H])(CNCCCNC(=O)CCCOc1ccc(CNCc2ccc(C)cc2)c(OC)c1)Cc1c2ccccc2cc2ccccc12. The predicted molar refractivity (Wildman–Crippen MR) is 190 cm³/mol. The van der Waals surface area contributed by atoms with Crippen LogP contribution in [0, 0.1) is 6.92 Å². The van der Waals surface area contributed by atoms with Gasteiger partial charge in [0.05, 0.1) is 13.7 Å². The van der Waals surface area contributed by atoms with Crippen LogP contribution in [-0.4, -0.2) is 39.3 Å². The molecule has 0 aliphatic carbocycles. The van der Waals surface area contributed by atoms with Crippen molar-refractivity contribution in [2.45, 2.75) is 52.1 Å². The molecule has 5 aromatic carbocycles. The number of amides is 1. The van der Waals surface area contributed by atoms with Gasteiger partial charge in [0, 0.05) is 40.4 Å². The fourth-order valence-corrected chi connectivity index (χ4v) is 5.62. The number of benzene rings is 5. The molecule has 0 fully saturated rings. The summed E-state index contributed by atoms with van der Waals surface area (Å²) in [6.45, 7) is 5.39. The molecule has 6 nitrogen and oxygen atoms in total. The smallest absolute Gasteiger partial charge is 0.220 e. The molecule has 0 radical (unpaired) electrons. The first-order valence-corrected chi connectivity index (χ1v) is 16.2. The van der Waals surface area contributed by atoms with Crippen molar-refractivity contribution in [3.63, 3.8) is 0 Å². The Morgan fingerprint density at radius 1 is 0.783 bits per heavy atom. The standard InChI is InChI=1S/C40H47N3O3/c1-30-16-18-31(19-17-30)28-42-29-34-20-21-35(27-39(34)45-2)46-25-8-15-40(44)43-24-9-23-41-22-7-14-38-36-12-5-3-10-32(36)26-33-11-4-6-13-37(33)38/h3-6,10-13,16-21,26-27,41-42H,7-9,14-15,22-25,28-29H2,1-2H3,(H,43,44)/i7D2. The van der Waals surface area contributed by atoms with Crippen LogP contribution in [0.15, 0.2) is 97.1 Å². The molecule has 0 atom stereocenters. The lowest BCUT2D eigenvalue weighted by molar-refractivity contribution is -0.121. The van der Waals surface area contributed by atoms with Gasteiger partial charge in [0.1, 0.15) is 11.5 Å². The summed E-state index contributed by atoms with van der Waals surface area (Å²) in [4.78, 5) is 12.4. The van der Waals surface area contributed by atoms with E-state index in [2.05, 4.69) is 77.5 Å². The van der Waals surface area contributed by atoms with Gasteiger partial charge in [-0.25, -0.2) is 0 Å². The van der Waals surface area contributed by atoms with Crippen molar-refractivity contribution in [2.24, 2.45) is 0 Å². The van der Waals surface area contributed by atoms with E-state index in [1.807, 2.05) is 42.5 Å². The first-order valence-electron chi connectivity index (χ1n) is 17.2. The van der Waals surface area contributed by atoms with E-state index in [0.717, 1.165) is 51.4 Å². The fraction of sp³-hybridized carbons (Fsp3) is 0.325. The van der Waals surface area contributed by atoms with Gasteiger partial charge < -0.3 is 25.4 Å². The first kappa shape index (κ1) is 30.3. The van der Waals surface area contributed by atoms with Crippen LogP contribution in [0.25, 0.3) is 21.5 Å². The number of fused-ring (bicyclic) bond motifs is 2. The molecule has 0 aromatic heterocycles. The molecule has 0 saturated carbocycles. The van der Waals surface area contributed by atoms with E-state index in [0.29, 0.717) is 51.3 Å². The van der Waals surface area contributed by atoms with Crippen LogP contribution in [0.2, 0.25) is 0 Å². The van der Waals surface area contributed by atoms with Gasteiger partial charge in [-0.3, -0.25) is 4.79 Å². The Morgan fingerprint density at radius 2 is 1.52 bits per heavy atom. The number of ether oxygens (including phenoxy) is 2. The molecule has 0 bridgehead atoms. The molecule has 240 valence electrons. The number of carbonyl (C=O) groups excluding carboxylic acids is 1.